The van der Waals surface area contributed by atoms with Crippen molar-refractivity contribution in [3.05, 3.63) is 23.4 Å². The van der Waals surface area contributed by atoms with Gasteiger partial charge in [0.2, 0.25) is 0 Å². The van der Waals surface area contributed by atoms with E-state index in [1.807, 2.05) is 12.6 Å². The molecule has 0 bridgehead atoms. The van der Waals surface area contributed by atoms with Gasteiger partial charge in [-0.15, -0.1) is 0 Å². The van der Waals surface area contributed by atoms with Crippen LogP contribution in [-0.4, -0.2) is 19.6 Å². The highest BCUT2D eigenvalue weighted by Gasteiger charge is 2.15. The van der Waals surface area contributed by atoms with Crippen molar-refractivity contribution < 1.29 is 9.59 Å². The molecule has 17 heavy (non-hydrogen) atoms. The van der Waals surface area contributed by atoms with Crippen LogP contribution in [0.2, 0.25) is 19.6 Å². The monoisotopic (exact) mass is 252 g/mol. The van der Waals surface area contributed by atoms with Crippen molar-refractivity contribution in [2.75, 3.05) is 0 Å². The van der Waals surface area contributed by atoms with Gasteiger partial charge in [-0.3, -0.25) is 9.59 Å². The van der Waals surface area contributed by atoms with Crippen LogP contribution >= 0.6 is 0 Å². The first kappa shape index (κ1) is 16.0. The minimum Gasteiger partial charge on any atom is -0.294 e. The molecule has 2 nitrogen and oxygen atoms in total. The Morgan fingerprint density at radius 3 is 2.18 bits per heavy atom. The fourth-order valence-corrected chi connectivity index (χ4v) is 1.98. The highest BCUT2D eigenvalue weighted by atomic mass is 28.3. The summed E-state index contributed by atoms with van der Waals surface area (Å²) in [5.41, 5.74) is 2.32. The molecule has 0 fully saturated rings. The van der Waals surface area contributed by atoms with Gasteiger partial charge in [0.15, 0.2) is 11.6 Å². The average Bonchev–Trinajstić information content (AvgIpc) is 2.23. The van der Waals surface area contributed by atoms with Gasteiger partial charge in [0, 0.05) is 6.42 Å². The molecule has 0 amide bonds. The summed E-state index contributed by atoms with van der Waals surface area (Å²) in [4.78, 5) is 23.7. The molecule has 0 rings (SSSR count). The summed E-state index contributed by atoms with van der Waals surface area (Å²) in [6, 6.07) is 0. The van der Waals surface area contributed by atoms with E-state index in [9.17, 15) is 9.59 Å². The van der Waals surface area contributed by atoms with Crippen molar-refractivity contribution in [1.29, 1.82) is 0 Å². The van der Waals surface area contributed by atoms with Crippen LogP contribution in [0.3, 0.4) is 0 Å². The van der Waals surface area contributed by atoms with Crippen molar-refractivity contribution in [3.63, 3.8) is 0 Å². The van der Waals surface area contributed by atoms with Crippen LogP contribution in [0.25, 0.3) is 0 Å². The molecule has 0 radical (unpaired) electrons. The molecule has 0 spiro atoms. The molecule has 0 aliphatic carbocycles. The number of rotatable bonds is 7. The van der Waals surface area contributed by atoms with Crippen LogP contribution in [0.1, 0.15) is 33.1 Å². The topological polar surface area (TPSA) is 34.1 Å². The number of hydrogen-bond acceptors (Lipinski definition) is 2. The third-order valence-electron chi connectivity index (χ3n) is 2.35. The fraction of sp³-hybridized carbons (Fsp3) is 0.571. The van der Waals surface area contributed by atoms with Gasteiger partial charge in [-0.25, -0.2) is 0 Å². The van der Waals surface area contributed by atoms with Gasteiger partial charge in [-0.1, -0.05) is 44.8 Å². The van der Waals surface area contributed by atoms with Crippen molar-refractivity contribution >= 4 is 19.6 Å². The number of carbonyl (C=O) groups is 2. The molecular weight excluding hydrogens is 228 g/mol. The lowest BCUT2D eigenvalue weighted by Crippen LogP contribution is -2.17. The maximum absolute atomic E-state index is 11.9. The van der Waals surface area contributed by atoms with E-state index in [4.69, 9.17) is 0 Å². The first-order valence-electron chi connectivity index (χ1n) is 6.25. The zero-order chi connectivity index (χ0) is 13.5. The molecule has 0 atom stereocenters. The quantitative estimate of drug-likeness (QED) is 0.300. The van der Waals surface area contributed by atoms with Gasteiger partial charge in [-0.2, -0.15) is 0 Å². The molecule has 0 aliphatic rings. The van der Waals surface area contributed by atoms with Crippen molar-refractivity contribution in [3.8, 4) is 0 Å². The Kier molecular flexibility index (Phi) is 6.96. The van der Waals surface area contributed by atoms with Crippen molar-refractivity contribution in [2.24, 2.45) is 0 Å². The predicted octanol–water partition coefficient (Wildman–Crippen LogP) is 3.69. The van der Waals surface area contributed by atoms with Gasteiger partial charge in [-0.05, 0) is 19.4 Å². The molecule has 0 N–H and O–H groups in total. The van der Waals surface area contributed by atoms with Gasteiger partial charge < -0.3 is 0 Å². The van der Waals surface area contributed by atoms with Crippen LogP contribution in [0.5, 0.6) is 0 Å². The normalized spacial score (nSPS) is 13.1. The van der Waals surface area contributed by atoms with E-state index in [2.05, 4.69) is 19.6 Å². The molecule has 96 valence electrons. The number of carbonyl (C=O) groups excluding carboxylic acids is 2. The Balaban J connectivity index is 4.64. The van der Waals surface area contributed by atoms with Crippen LogP contribution in [0, 0.1) is 0 Å². The van der Waals surface area contributed by atoms with Crippen LogP contribution in [-0.2, 0) is 9.59 Å². The zero-order valence-electron chi connectivity index (χ0n) is 11.7. The van der Waals surface area contributed by atoms with Crippen LogP contribution < -0.4 is 0 Å². The second-order valence-electron chi connectivity index (χ2n) is 5.29. The highest BCUT2D eigenvalue weighted by Crippen LogP contribution is 2.09. The van der Waals surface area contributed by atoms with Crippen LogP contribution in [0.4, 0.5) is 0 Å². The van der Waals surface area contributed by atoms with Gasteiger partial charge >= 0.3 is 0 Å². The lowest BCUT2D eigenvalue weighted by atomic mass is 10.0. The summed E-state index contributed by atoms with van der Waals surface area (Å²) in [6.07, 6.45) is 5.51. The largest absolute Gasteiger partial charge is 0.294 e. The van der Waals surface area contributed by atoms with Gasteiger partial charge in [0.25, 0.3) is 0 Å². The Labute approximate surface area is 106 Å². The Morgan fingerprint density at radius 2 is 1.76 bits per heavy atom. The number of unbranched alkanes of at least 4 members (excludes halogenated alkanes) is 1. The molecule has 0 aromatic carbocycles. The first-order valence-corrected chi connectivity index (χ1v) is 9.82. The molecule has 0 saturated heterocycles. The van der Waals surface area contributed by atoms with Crippen molar-refractivity contribution in [1.82, 2.24) is 0 Å². The molecule has 0 unspecified atom stereocenters. The third kappa shape index (κ3) is 7.05. The molecule has 0 aromatic rings. The fourth-order valence-electron chi connectivity index (χ4n) is 1.33. The third-order valence-corrected chi connectivity index (χ3v) is 3.51. The Bertz CT molecular complexity index is 333. The maximum Gasteiger partial charge on any atom is 0.188 e. The summed E-state index contributed by atoms with van der Waals surface area (Å²) in [5.74, 6) is -0.171. The molecular formula is C14H24O2Si. The average molecular weight is 252 g/mol. The lowest BCUT2D eigenvalue weighted by Gasteiger charge is -2.08. The number of Topliss-reactive ketones (excluding diaryl/α,β-unsaturated/α-hetero) is 1. The van der Waals surface area contributed by atoms with E-state index < -0.39 is 8.07 Å². The lowest BCUT2D eigenvalue weighted by molar-refractivity contribution is -0.119. The summed E-state index contributed by atoms with van der Waals surface area (Å²) in [6.45, 7) is 10.3. The van der Waals surface area contributed by atoms with E-state index in [0.29, 0.717) is 12.0 Å². The maximum atomic E-state index is 11.9. The second-order valence-corrected chi connectivity index (χ2v) is 10.4. The van der Waals surface area contributed by atoms with Gasteiger partial charge in [0.1, 0.15) is 0 Å². The first-order chi connectivity index (χ1) is 7.81. The van der Waals surface area contributed by atoms with E-state index in [0.717, 1.165) is 12.8 Å². The minimum atomic E-state index is -1.38. The molecule has 3 heteroatoms. The Hall–Kier alpha value is -0.963. The summed E-state index contributed by atoms with van der Waals surface area (Å²) in [5, 5.41) is 0. The number of hydrogen-bond donors (Lipinski definition) is 0. The molecule has 0 aliphatic heterocycles. The van der Waals surface area contributed by atoms with E-state index in [1.54, 1.807) is 19.1 Å². The summed E-state index contributed by atoms with van der Waals surface area (Å²) < 4.78 is 0. The SMILES string of the molecule is C/C=C(\C(=O)/C=C/[Si](C)(C)C)C(=O)CCCC. The highest BCUT2D eigenvalue weighted by molar-refractivity contribution is 6.81. The predicted molar refractivity (Wildman–Crippen MR) is 75.8 cm³/mol. The number of allylic oxidation sites excluding steroid dienone is 3. The molecule has 0 aromatic heterocycles. The standard InChI is InChI=1S/C14H24O2Si/c1-6-8-9-13(15)12(7-2)14(16)10-11-17(3,4)5/h7,10-11H,6,8-9H2,1-5H3/b11-10+,12-7-. The zero-order valence-corrected chi connectivity index (χ0v) is 12.7. The Morgan fingerprint density at radius 1 is 1.18 bits per heavy atom. The molecule has 0 heterocycles. The van der Waals surface area contributed by atoms with Crippen LogP contribution in [0.15, 0.2) is 23.4 Å². The molecule has 0 saturated carbocycles. The smallest absolute Gasteiger partial charge is 0.188 e. The van der Waals surface area contributed by atoms with E-state index >= 15 is 0 Å². The second kappa shape index (κ2) is 7.38. The van der Waals surface area contributed by atoms with E-state index in [1.165, 1.54) is 0 Å². The van der Waals surface area contributed by atoms with Gasteiger partial charge in [0.05, 0.1) is 13.6 Å². The summed E-state index contributed by atoms with van der Waals surface area (Å²) >= 11 is 0. The van der Waals surface area contributed by atoms with Crippen molar-refractivity contribution in [2.45, 2.75) is 52.8 Å². The summed E-state index contributed by atoms with van der Waals surface area (Å²) in [7, 11) is -1.38. The van der Waals surface area contributed by atoms with E-state index in [-0.39, 0.29) is 11.6 Å². The number of ketones is 2. The minimum absolute atomic E-state index is 0.0282.